The van der Waals surface area contributed by atoms with Crippen LogP contribution in [0.3, 0.4) is 0 Å². The number of rotatable bonds is 9. The molecule has 0 saturated carbocycles. The summed E-state index contributed by atoms with van der Waals surface area (Å²) < 4.78 is 4.54. The smallest absolute Gasteiger partial charge is 0.239 e. The molecule has 4 rings (SSSR count). The summed E-state index contributed by atoms with van der Waals surface area (Å²) in [5.41, 5.74) is 4.33. The zero-order valence-corrected chi connectivity index (χ0v) is 18.8. The number of amides is 1. The Morgan fingerprint density at radius 3 is 2.50 bits per heavy atom. The van der Waals surface area contributed by atoms with Gasteiger partial charge in [0.05, 0.1) is 18.8 Å². The van der Waals surface area contributed by atoms with Crippen molar-refractivity contribution in [3.8, 4) is 0 Å². The van der Waals surface area contributed by atoms with Crippen molar-refractivity contribution in [2.45, 2.75) is 26.4 Å². The minimum Gasteiger partial charge on any atom is -0.349 e. The summed E-state index contributed by atoms with van der Waals surface area (Å²) in [7, 11) is 0. The number of aromatic nitrogens is 3. The van der Waals surface area contributed by atoms with Gasteiger partial charge in [-0.1, -0.05) is 66.2 Å². The summed E-state index contributed by atoms with van der Waals surface area (Å²) in [6.07, 6.45) is 2.39. The van der Waals surface area contributed by atoms with Crippen LogP contribution in [0.1, 0.15) is 28.2 Å². The summed E-state index contributed by atoms with van der Waals surface area (Å²) in [5.74, 6) is 0.683. The lowest BCUT2D eigenvalue weighted by atomic mass is 10.1. The van der Waals surface area contributed by atoms with Crippen LogP contribution in [-0.2, 0) is 24.3 Å². The van der Waals surface area contributed by atoms with E-state index in [9.17, 15) is 4.79 Å². The molecule has 0 bridgehead atoms. The first-order valence-corrected chi connectivity index (χ1v) is 11.3. The fourth-order valence-corrected chi connectivity index (χ4v) is 3.93. The average molecular weight is 444 g/mol. The van der Waals surface area contributed by atoms with E-state index in [1.54, 1.807) is 6.20 Å². The van der Waals surface area contributed by atoms with E-state index in [1.165, 1.54) is 22.7 Å². The minimum atomic E-state index is -0.0816. The van der Waals surface area contributed by atoms with Gasteiger partial charge in [0.25, 0.3) is 0 Å². The van der Waals surface area contributed by atoms with Crippen LogP contribution >= 0.6 is 11.5 Å². The molecular formula is C25H25N5OS. The van der Waals surface area contributed by atoms with E-state index < -0.39 is 0 Å². The highest BCUT2D eigenvalue weighted by Crippen LogP contribution is 2.21. The molecule has 0 aliphatic rings. The molecule has 32 heavy (non-hydrogen) atoms. The lowest BCUT2D eigenvalue weighted by Gasteiger charge is -2.21. The van der Waals surface area contributed by atoms with Crippen molar-refractivity contribution in [3.05, 3.63) is 107 Å². The Morgan fingerprint density at radius 1 is 0.969 bits per heavy atom. The number of carbonyl (C=O) groups excluding carboxylic acids is 1. The van der Waals surface area contributed by atoms with Crippen molar-refractivity contribution in [3.63, 3.8) is 0 Å². The number of pyridine rings is 1. The molecule has 0 fully saturated rings. The number of aryl methyl sites for hydroxylation is 1. The van der Waals surface area contributed by atoms with Crippen LogP contribution in [0.2, 0.25) is 0 Å². The van der Waals surface area contributed by atoms with Crippen LogP contribution < -0.4 is 10.2 Å². The van der Waals surface area contributed by atoms with Crippen molar-refractivity contribution in [1.29, 1.82) is 0 Å². The zero-order valence-electron chi connectivity index (χ0n) is 17.9. The highest BCUT2D eigenvalue weighted by Gasteiger charge is 2.17. The molecule has 6 nitrogen and oxygen atoms in total. The lowest BCUT2D eigenvalue weighted by molar-refractivity contribution is -0.120. The molecule has 2 aromatic carbocycles. The van der Waals surface area contributed by atoms with Crippen LogP contribution in [-0.4, -0.2) is 26.8 Å². The van der Waals surface area contributed by atoms with Gasteiger partial charge in [-0.25, -0.2) is 4.98 Å². The highest BCUT2D eigenvalue weighted by molar-refractivity contribution is 7.09. The molecule has 0 spiro atoms. The van der Waals surface area contributed by atoms with Gasteiger partial charge in [-0.3, -0.25) is 9.78 Å². The third kappa shape index (κ3) is 6.21. The van der Waals surface area contributed by atoms with E-state index in [1.807, 2.05) is 53.4 Å². The predicted octanol–water partition coefficient (Wildman–Crippen LogP) is 4.16. The molecule has 0 atom stereocenters. The Labute approximate surface area is 192 Å². The van der Waals surface area contributed by atoms with Crippen LogP contribution in [0, 0.1) is 6.92 Å². The molecular weight excluding hydrogens is 418 g/mol. The third-order valence-corrected chi connectivity index (χ3v) is 5.77. The summed E-state index contributed by atoms with van der Waals surface area (Å²) in [6, 6.07) is 24.1. The molecule has 2 aromatic heterocycles. The van der Waals surface area contributed by atoms with Gasteiger partial charge in [0, 0.05) is 30.7 Å². The van der Waals surface area contributed by atoms with Gasteiger partial charge in [-0.2, -0.15) is 4.37 Å². The van der Waals surface area contributed by atoms with Crippen molar-refractivity contribution >= 4 is 22.6 Å². The largest absolute Gasteiger partial charge is 0.349 e. The van der Waals surface area contributed by atoms with Gasteiger partial charge in [-0.05, 0) is 30.2 Å². The number of benzene rings is 2. The lowest BCUT2D eigenvalue weighted by Crippen LogP contribution is -2.36. The van der Waals surface area contributed by atoms with Crippen molar-refractivity contribution < 1.29 is 4.79 Å². The second-order valence-electron chi connectivity index (χ2n) is 7.60. The SMILES string of the molecule is Cc1ccc(Cc2nsc(N(CC(=O)NCc3ccccn3)Cc3ccccc3)n2)cc1. The van der Waals surface area contributed by atoms with Gasteiger partial charge in [0.2, 0.25) is 11.0 Å². The molecule has 0 aliphatic carbocycles. The predicted molar refractivity (Wildman–Crippen MR) is 127 cm³/mol. The molecule has 1 amide bonds. The number of carbonyl (C=O) groups is 1. The quantitative estimate of drug-likeness (QED) is 0.421. The topological polar surface area (TPSA) is 71.0 Å². The Hall–Kier alpha value is -3.58. The van der Waals surface area contributed by atoms with Crippen LogP contribution in [0.15, 0.2) is 79.0 Å². The number of hydrogen-bond acceptors (Lipinski definition) is 6. The first kappa shape index (κ1) is 21.6. The third-order valence-electron chi connectivity index (χ3n) is 4.95. The molecule has 4 aromatic rings. The van der Waals surface area contributed by atoms with Crippen molar-refractivity contribution in [2.24, 2.45) is 0 Å². The molecule has 162 valence electrons. The second-order valence-corrected chi connectivity index (χ2v) is 8.33. The van der Waals surface area contributed by atoms with E-state index in [0.717, 1.165) is 22.2 Å². The fourth-order valence-electron chi connectivity index (χ4n) is 3.25. The zero-order chi connectivity index (χ0) is 22.2. The van der Waals surface area contributed by atoms with Gasteiger partial charge in [0.1, 0.15) is 5.82 Å². The monoisotopic (exact) mass is 443 g/mol. The summed E-state index contributed by atoms with van der Waals surface area (Å²) in [5, 5.41) is 3.69. The maximum Gasteiger partial charge on any atom is 0.239 e. The maximum absolute atomic E-state index is 12.7. The second kappa shape index (κ2) is 10.6. The molecule has 1 N–H and O–H groups in total. The molecule has 0 unspecified atom stereocenters. The average Bonchev–Trinajstić information content (AvgIpc) is 3.29. The van der Waals surface area contributed by atoms with Crippen molar-refractivity contribution in [2.75, 3.05) is 11.4 Å². The Kier molecular flexibility index (Phi) is 7.19. The number of nitrogens with one attached hydrogen (secondary N) is 1. The Balaban J connectivity index is 1.45. The normalized spacial score (nSPS) is 10.7. The fraction of sp³-hybridized carbons (Fsp3) is 0.200. The summed E-state index contributed by atoms with van der Waals surface area (Å²) in [6.45, 7) is 3.24. The van der Waals surface area contributed by atoms with E-state index in [-0.39, 0.29) is 12.5 Å². The molecule has 0 aliphatic heterocycles. The minimum absolute atomic E-state index is 0.0816. The van der Waals surface area contributed by atoms with Gasteiger partial charge >= 0.3 is 0 Å². The van der Waals surface area contributed by atoms with Crippen molar-refractivity contribution in [1.82, 2.24) is 19.7 Å². The Bertz CT molecular complexity index is 1130. The van der Waals surface area contributed by atoms with Gasteiger partial charge in [0.15, 0.2) is 0 Å². The molecule has 0 radical (unpaired) electrons. The molecule has 7 heteroatoms. The van der Waals surface area contributed by atoms with E-state index >= 15 is 0 Å². The van der Waals surface area contributed by atoms with Gasteiger partial charge < -0.3 is 10.2 Å². The number of hydrogen-bond donors (Lipinski definition) is 1. The van der Waals surface area contributed by atoms with E-state index in [2.05, 4.69) is 45.9 Å². The van der Waals surface area contributed by atoms with Crippen LogP contribution in [0.4, 0.5) is 5.13 Å². The van der Waals surface area contributed by atoms with E-state index in [0.29, 0.717) is 19.5 Å². The number of nitrogens with zero attached hydrogens (tertiary/aromatic N) is 4. The first-order chi connectivity index (χ1) is 15.7. The molecule has 0 saturated heterocycles. The summed E-state index contributed by atoms with van der Waals surface area (Å²) in [4.78, 5) is 23.7. The maximum atomic E-state index is 12.7. The standard InChI is InChI=1S/C25H25N5OS/c1-19-10-12-20(13-11-19)15-23-28-25(32-29-23)30(17-21-7-3-2-4-8-21)18-24(31)27-16-22-9-5-6-14-26-22/h2-14H,15-18H2,1H3,(H,27,31). The van der Waals surface area contributed by atoms with E-state index in [4.69, 9.17) is 4.98 Å². The highest BCUT2D eigenvalue weighted by atomic mass is 32.1. The summed E-state index contributed by atoms with van der Waals surface area (Å²) >= 11 is 1.33. The first-order valence-electron chi connectivity index (χ1n) is 10.5. The Morgan fingerprint density at radius 2 is 1.75 bits per heavy atom. The molecule has 2 heterocycles. The van der Waals surface area contributed by atoms with Crippen LogP contribution in [0.25, 0.3) is 0 Å². The number of anilines is 1. The van der Waals surface area contributed by atoms with Gasteiger partial charge in [-0.15, -0.1) is 0 Å². The van der Waals surface area contributed by atoms with Crippen LogP contribution in [0.5, 0.6) is 0 Å².